The van der Waals surface area contributed by atoms with Gasteiger partial charge < -0.3 is 10.6 Å². The second-order valence-electron chi connectivity index (χ2n) is 6.69. The molecule has 1 amide bonds. The minimum atomic E-state index is -0.339. The number of halogens is 1. The first-order valence-electron chi connectivity index (χ1n) is 7.90. The number of carbonyl (C=O) groups is 1. The van der Waals surface area contributed by atoms with Crippen LogP contribution in [-0.2, 0) is 6.42 Å². The monoisotopic (exact) mass is 330 g/mol. The third-order valence-electron chi connectivity index (χ3n) is 3.21. The molecular formula is C18H23FN4O. The van der Waals surface area contributed by atoms with Gasteiger partial charge in [0, 0.05) is 17.8 Å². The van der Waals surface area contributed by atoms with Crippen molar-refractivity contribution in [2.24, 2.45) is 0 Å². The van der Waals surface area contributed by atoms with E-state index in [0.29, 0.717) is 35.9 Å². The van der Waals surface area contributed by atoms with E-state index in [4.69, 9.17) is 0 Å². The topological polar surface area (TPSA) is 66.9 Å². The average Bonchev–Trinajstić information content (AvgIpc) is 2.47. The Labute approximate surface area is 141 Å². The predicted octanol–water partition coefficient (Wildman–Crippen LogP) is 3.11. The van der Waals surface area contributed by atoms with Crippen molar-refractivity contribution < 1.29 is 9.18 Å². The first-order chi connectivity index (χ1) is 11.2. The summed E-state index contributed by atoms with van der Waals surface area (Å²) in [5.41, 5.74) is 1.29. The van der Waals surface area contributed by atoms with Gasteiger partial charge in [-0.2, -0.15) is 0 Å². The van der Waals surface area contributed by atoms with Crippen LogP contribution in [0.15, 0.2) is 30.3 Å². The van der Waals surface area contributed by atoms with Gasteiger partial charge in [0.2, 0.25) is 5.95 Å². The Balaban J connectivity index is 2.03. The van der Waals surface area contributed by atoms with Crippen LogP contribution in [-0.4, -0.2) is 28.0 Å². The van der Waals surface area contributed by atoms with E-state index in [1.807, 2.05) is 20.8 Å². The van der Waals surface area contributed by atoms with Crippen molar-refractivity contribution in [3.8, 4) is 0 Å². The van der Waals surface area contributed by atoms with Crippen LogP contribution in [0.1, 0.15) is 42.5 Å². The van der Waals surface area contributed by atoms with E-state index in [1.165, 1.54) is 6.07 Å². The summed E-state index contributed by atoms with van der Waals surface area (Å²) in [5.74, 6) is -0.106. The third-order valence-corrected chi connectivity index (χ3v) is 3.21. The Hall–Kier alpha value is -2.50. The summed E-state index contributed by atoms with van der Waals surface area (Å²) >= 11 is 0. The number of benzene rings is 1. The molecule has 0 bridgehead atoms. The van der Waals surface area contributed by atoms with Crippen LogP contribution in [0, 0.1) is 12.7 Å². The number of hydrogen-bond acceptors (Lipinski definition) is 4. The summed E-state index contributed by atoms with van der Waals surface area (Å²) in [4.78, 5) is 20.7. The van der Waals surface area contributed by atoms with Gasteiger partial charge in [-0.1, -0.05) is 18.2 Å². The molecule has 0 aliphatic rings. The molecule has 0 saturated carbocycles. The fourth-order valence-electron chi connectivity index (χ4n) is 2.18. The summed E-state index contributed by atoms with van der Waals surface area (Å²) in [6.45, 7) is 8.01. The number of nitrogens with one attached hydrogen (secondary N) is 2. The molecule has 128 valence electrons. The number of hydrogen-bond donors (Lipinski definition) is 2. The van der Waals surface area contributed by atoms with Crippen molar-refractivity contribution in [3.63, 3.8) is 0 Å². The quantitative estimate of drug-likeness (QED) is 0.884. The summed E-state index contributed by atoms with van der Waals surface area (Å²) in [6.07, 6.45) is 0.507. The molecule has 0 spiro atoms. The standard InChI is InChI=1S/C18H23FN4O/c1-12-11-15(16(24)23-18(2,3)4)22-17(21-12)20-10-9-13-7-5-6-8-14(13)19/h5-8,11H,9-10H2,1-4H3,(H,23,24)(H,20,21,22). The zero-order valence-corrected chi connectivity index (χ0v) is 14.5. The van der Waals surface area contributed by atoms with E-state index in [9.17, 15) is 9.18 Å². The first-order valence-corrected chi connectivity index (χ1v) is 7.90. The molecule has 0 atom stereocenters. The molecule has 6 heteroatoms. The van der Waals surface area contributed by atoms with Crippen molar-refractivity contribution in [2.45, 2.75) is 39.7 Å². The molecule has 0 aliphatic carbocycles. The van der Waals surface area contributed by atoms with Gasteiger partial charge in [-0.3, -0.25) is 4.79 Å². The number of carbonyl (C=O) groups excluding carboxylic acids is 1. The molecule has 1 aromatic heterocycles. The molecule has 2 rings (SSSR count). The lowest BCUT2D eigenvalue weighted by molar-refractivity contribution is 0.0914. The average molecular weight is 330 g/mol. The van der Waals surface area contributed by atoms with Crippen molar-refractivity contribution in [2.75, 3.05) is 11.9 Å². The number of amides is 1. The van der Waals surface area contributed by atoms with Crippen LogP contribution in [0.3, 0.4) is 0 Å². The van der Waals surface area contributed by atoms with Crippen LogP contribution in [0.4, 0.5) is 10.3 Å². The highest BCUT2D eigenvalue weighted by atomic mass is 19.1. The molecule has 2 aromatic rings. The number of rotatable bonds is 5. The smallest absolute Gasteiger partial charge is 0.270 e. The van der Waals surface area contributed by atoms with Gasteiger partial charge in [0.25, 0.3) is 5.91 Å². The largest absolute Gasteiger partial charge is 0.354 e. The van der Waals surface area contributed by atoms with Crippen molar-refractivity contribution in [1.29, 1.82) is 0 Å². The fourth-order valence-corrected chi connectivity index (χ4v) is 2.18. The zero-order valence-electron chi connectivity index (χ0n) is 14.5. The van der Waals surface area contributed by atoms with Gasteiger partial charge in [-0.15, -0.1) is 0 Å². The lowest BCUT2D eigenvalue weighted by atomic mass is 10.1. The molecule has 1 aromatic carbocycles. The lowest BCUT2D eigenvalue weighted by Crippen LogP contribution is -2.41. The van der Waals surface area contributed by atoms with Gasteiger partial charge in [0.05, 0.1) is 0 Å². The van der Waals surface area contributed by atoms with E-state index >= 15 is 0 Å². The summed E-state index contributed by atoms with van der Waals surface area (Å²) in [7, 11) is 0. The summed E-state index contributed by atoms with van der Waals surface area (Å²) in [5, 5.41) is 5.92. The van der Waals surface area contributed by atoms with Crippen LogP contribution in [0.2, 0.25) is 0 Å². The Morgan fingerprint density at radius 3 is 2.58 bits per heavy atom. The maximum Gasteiger partial charge on any atom is 0.270 e. The molecule has 5 nitrogen and oxygen atoms in total. The van der Waals surface area contributed by atoms with Gasteiger partial charge in [0.15, 0.2) is 0 Å². The predicted molar refractivity (Wildman–Crippen MR) is 92.6 cm³/mol. The number of nitrogens with zero attached hydrogens (tertiary/aromatic N) is 2. The number of aryl methyl sites for hydroxylation is 1. The molecule has 0 aliphatic heterocycles. The van der Waals surface area contributed by atoms with Crippen LogP contribution >= 0.6 is 0 Å². The molecule has 2 N–H and O–H groups in total. The van der Waals surface area contributed by atoms with Crippen LogP contribution < -0.4 is 10.6 Å². The van der Waals surface area contributed by atoms with Crippen molar-refractivity contribution >= 4 is 11.9 Å². The van der Waals surface area contributed by atoms with Crippen LogP contribution in [0.25, 0.3) is 0 Å². The molecule has 0 saturated heterocycles. The molecular weight excluding hydrogens is 307 g/mol. The lowest BCUT2D eigenvalue weighted by Gasteiger charge is -2.20. The normalized spacial score (nSPS) is 11.2. The third kappa shape index (κ3) is 5.30. The van der Waals surface area contributed by atoms with Crippen LogP contribution in [0.5, 0.6) is 0 Å². The SMILES string of the molecule is Cc1cc(C(=O)NC(C)(C)C)nc(NCCc2ccccc2F)n1. The Kier molecular flexibility index (Phi) is 5.49. The maximum absolute atomic E-state index is 13.6. The van der Waals surface area contributed by atoms with E-state index in [2.05, 4.69) is 20.6 Å². The number of anilines is 1. The van der Waals surface area contributed by atoms with E-state index in [1.54, 1.807) is 31.2 Å². The first kappa shape index (κ1) is 17.8. The minimum Gasteiger partial charge on any atom is -0.354 e. The van der Waals surface area contributed by atoms with E-state index < -0.39 is 0 Å². The fraction of sp³-hybridized carbons (Fsp3) is 0.389. The van der Waals surface area contributed by atoms with Gasteiger partial charge in [-0.05, 0) is 51.8 Å². The second kappa shape index (κ2) is 7.38. The maximum atomic E-state index is 13.6. The highest BCUT2D eigenvalue weighted by Crippen LogP contribution is 2.10. The Morgan fingerprint density at radius 1 is 1.21 bits per heavy atom. The zero-order chi connectivity index (χ0) is 17.7. The Morgan fingerprint density at radius 2 is 1.92 bits per heavy atom. The minimum absolute atomic E-state index is 0.227. The van der Waals surface area contributed by atoms with Crippen molar-refractivity contribution in [1.82, 2.24) is 15.3 Å². The molecule has 0 unspecified atom stereocenters. The molecule has 24 heavy (non-hydrogen) atoms. The van der Waals surface area contributed by atoms with Gasteiger partial charge in [-0.25, -0.2) is 14.4 Å². The highest BCUT2D eigenvalue weighted by Gasteiger charge is 2.17. The highest BCUT2D eigenvalue weighted by molar-refractivity contribution is 5.93. The molecule has 0 fully saturated rings. The Bertz CT molecular complexity index is 725. The van der Waals surface area contributed by atoms with Crippen molar-refractivity contribution in [3.05, 3.63) is 53.1 Å². The second-order valence-corrected chi connectivity index (χ2v) is 6.69. The van der Waals surface area contributed by atoms with Gasteiger partial charge >= 0.3 is 0 Å². The number of aromatic nitrogens is 2. The summed E-state index contributed by atoms with van der Waals surface area (Å²) < 4.78 is 13.6. The van der Waals surface area contributed by atoms with E-state index in [-0.39, 0.29) is 17.3 Å². The van der Waals surface area contributed by atoms with E-state index in [0.717, 1.165) is 0 Å². The summed E-state index contributed by atoms with van der Waals surface area (Å²) in [6, 6.07) is 8.29. The van der Waals surface area contributed by atoms with Gasteiger partial charge in [0.1, 0.15) is 11.5 Å². The molecule has 0 radical (unpaired) electrons. The molecule has 1 heterocycles.